The summed E-state index contributed by atoms with van der Waals surface area (Å²) in [5.74, 6) is -22.9. The zero-order valence-corrected chi connectivity index (χ0v) is 56.3. The molecule has 8 aromatic rings. The van der Waals surface area contributed by atoms with Crippen LogP contribution in [0.4, 0.5) is 0 Å². The van der Waals surface area contributed by atoms with Gasteiger partial charge in [0.25, 0.3) is 0 Å². The molecule has 20 nitrogen and oxygen atoms in total. The molecule has 0 aromatic heterocycles. The van der Waals surface area contributed by atoms with E-state index in [-0.39, 0.29) is 45.3 Å². The summed E-state index contributed by atoms with van der Waals surface area (Å²) in [6.07, 6.45) is 0. The molecule has 0 aliphatic heterocycles. The van der Waals surface area contributed by atoms with Crippen molar-refractivity contribution in [2.75, 3.05) is 0 Å². The molecule has 0 unspecified atom stereocenters. The van der Waals surface area contributed by atoms with Crippen LogP contribution in [0.1, 0.15) is 146 Å². The van der Waals surface area contributed by atoms with E-state index in [1.807, 2.05) is 0 Å². The second-order valence-corrected chi connectivity index (χ2v) is 31.8. The Morgan fingerprint density at radius 1 is 0.261 bits per heavy atom. The Morgan fingerprint density at radius 2 is 0.391 bits per heavy atom. The molecule has 8 bridgehead atoms. The second-order valence-electron chi connectivity index (χ2n) is 23.9. The Morgan fingerprint density at radius 3 is 0.511 bits per heavy atom. The number of alkyl halides is 4. The van der Waals surface area contributed by atoms with Crippen molar-refractivity contribution in [3.05, 3.63) is 188 Å². The minimum Gasteiger partial charge on any atom is -0.504 e. The largest absolute Gasteiger partial charge is 0.504 e. The average Bonchev–Trinajstić information content (AvgIpc) is 0.734. The first-order valence-corrected chi connectivity index (χ1v) is 31.1. The molecule has 1 aliphatic rings. The molecule has 0 amide bonds. The first kappa shape index (κ1) is 67.6. The molecule has 0 spiro atoms. The van der Waals surface area contributed by atoms with Crippen molar-refractivity contribution in [2.45, 2.75) is 96.4 Å². The number of carbonyl (C=O) groups is 4. The predicted molar refractivity (Wildman–Crippen MR) is 350 cm³/mol. The lowest BCUT2D eigenvalue weighted by molar-refractivity contribution is -0.136. The first-order valence-electron chi connectivity index (χ1n) is 27.9. The van der Waals surface area contributed by atoms with E-state index in [1.54, 1.807) is 55.4 Å². The molecule has 0 radical (unpaired) electrons. The van der Waals surface area contributed by atoms with E-state index >= 15 is 0 Å². The van der Waals surface area contributed by atoms with Crippen LogP contribution in [0, 0.1) is 0 Å². The maximum atomic E-state index is 13.1. The van der Waals surface area contributed by atoms with E-state index in [0.29, 0.717) is 0 Å². The molecule has 0 fully saturated rings. The van der Waals surface area contributed by atoms with Crippen LogP contribution in [0.5, 0.6) is 92.0 Å². The van der Waals surface area contributed by atoms with Crippen LogP contribution < -0.4 is 18.9 Å². The fourth-order valence-corrected chi connectivity index (χ4v) is 10.8. The number of ether oxygens (including phenoxy) is 4. The van der Waals surface area contributed by atoms with Gasteiger partial charge in [-0.25, -0.2) is 0 Å². The number of carbonyl (C=O) groups excluding carboxylic acids is 4. The zero-order valence-electron chi connectivity index (χ0n) is 50.0. The van der Waals surface area contributed by atoms with E-state index in [1.165, 1.54) is 97.1 Å². The number of rotatable bonds is 12. The van der Waals surface area contributed by atoms with Gasteiger partial charge in [-0.05, 0) is 150 Å². The molecule has 8 aromatic carbocycles. The number of phenols is 12. The standard InChI is InChI=1S/C68H60Br4O20/c1-65(2,69)61(85)89-33-17-9-29(10-18-33)45-37-25-39(51(75)57(81)49(37)73)46(30-11-19-34(20-12-30)90-62(86)66(3,4)70)41-27-43(55(79)59(83)53(41)77)48(32-15-23-36(24-16-32)92-64(88)68(7,8)72)44-28-42(54(78)60(84)56(44)80)47(40-26-38(45)50(74)58(82)52(40)76)31-13-21-35(22-14-31)91-63(87)67(5,6)71/h9-28,45-48,73-84H,1-8H3. The molecule has 12 N–H and O–H groups in total. The molecule has 0 atom stereocenters. The zero-order chi connectivity index (χ0) is 67.8. The van der Waals surface area contributed by atoms with Crippen molar-refractivity contribution in [2.24, 2.45) is 0 Å². The third-order valence-corrected chi connectivity index (χ3v) is 16.6. The molecular weight excluding hydrogens is 1460 g/mol. The van der Waals surface area contributed by atoms with Gasteiger partial charge >= 0.3 is 23.9 Å². The molecule has 9 rings (SSSR count). The molecule has 92 heavy (non-hydrogen) atoms. The lowest BCUT2D eigenvalue weighted by atomic mass is 9.74. The number of phenolic OH excluding ortho intramolecular Hbond substituents is 12. The molecule has 24 heteroatoms. The average molecular weight is 1520 g/mol. The Kier molecular flexibility index (Phi) is 18.3. The Labute approximate surface area is 559 Å². The first-order chi connectivity index (χ1) is 42.8. The highest BCUT2D eigenvalue weighted by Crippen LogP contribution is 2.60. The summed E-state index contributed by atoms with van der Waals surface area (Å²) in [5.41, 5.74) is -2.92. The summed E-state index contributed by atoms with van der Waals surface area (Å²) in [6, 6.07) is 26.6. The van der Waals surface area contributed by atoms with Crippen LogP contribution in [0.25, 0.3) is 0 Å². The van der Waals surface area contributed by atoms with E-state index in [4.69, 9.17) is 18.9 Å². The van der Waals surface area contributed by atoms with Crippen LogP contribution in [0.2, 0.25) is 0 Å². The number of benzene rings is 8. The summed E-state index contributed by atoms with van der Waals surface area (Å²) >= 11 is 13.1. The molecule has 0 saturated carbocycles. The van der Waals surface area contributed by atoms with Gasteiger partial charge in [-0.2, -0.15) is 0 Å². The van der Waals surface area contributed by atoms with Crippen molar-refractivity contribution in [3.8, 4) is 92.0 Å². The van der Waals surface area contributed by atoms with Crippen LogP contribution in [0.3, 0.4) is 0 Å². The number of hydrogen-bond donors (Lipinski definition) is 12. The predicted octanol–water partition coefficient (Wildman–Crippen LogP) is 13.5. The molecular formula is C68H60Br4O20. The topological polar surface area (TPSA) is 348 Å². The Hall–Kier alpha value is -8.84. The third-order valence-electron chi connectivity index (χ3n) is 15.4. The van der Waals surface area contributed by atoms with Gasteiger partial charge < -0.3 is 80.2 Å². The van der Waals surface area contributed by atoms with Gasteiger partial charge in [0.2, 0.25) is 23.0 Å². The highest BCUT2D eigenvalue weighted by atomic mass is 79.9. The Balaban J connectivity index is 1.46. The summed E-state index contributed by atoms with van der Waals surface area (Å²) in [4.78, 5) is 52.5. The number of esters is 4. The maximum absolute atomic E-state index is 13.1. The van der Waals surface area contributed by atoms with Gasteiger partial charge in [0.1, 0.15) is 40.3 Å². The summed E-state index contributed by atoms with van der Waals surface area (Å²) in [7, 11) is 0. The van der Waals surface area contributed by atoms with Gasteiger partial charge in [-0.1, -0.05) is 112 Å². The molecule has 1 aliphatic carbocycles. The number of halogens is 4. The van der Waals surface area contributed by atoms with E-state index < -0.39 is 178 Å². The minimum atomic E-state index is -1.69. The smallest absolute Gasteiger partial charge is 0.327 e. The van der Waals surface area contributed by atoms with Gasteiger partial charge in [0.05, 0.1) is 0 Å². The monoisotopic (exact) mass is 1510 g/mol. The SMILES string of the molecule is CC(C)(Br)C(=O)Oc1ccc(C2c3cc(c(O)c(O)c3O)C(c3ccc(OC(=O)C(C)(C)Br)cc3)c3cc(c(O)c(O)c3O)C(c3ccc(OC(=O)C(C)(C)Br)cc3)c3cc(c(O)c(O)c3O)C(c3ccc(OC(=O)C(C)(C)Br)cc3)c3cc2c(O)c(O)c3O)cc1. The number of aromatic hydroxyl groups is 12. The Bertz CT molecular complexity index is 3600. The van der Waals surface area contributed by atoms with Crippen molar-refractivity contribution in [1.29, 1.82) is 0 Å². The molecule has 0 saturated heterocycles. The number of fused-ring (bicyclic) bond motifs is 8. The molecule has 480 valence electrons. The highest BCUT2D eigenvalue weighted by Gasteiger charge is 2.40. The maximum Gasteiger partial charge on any atom is 0.327 e. The van der Waals surface area contributed by atoms with Crippen LogP contribution in [-0.2, 0) is 19.2 Å². The lowest BCUT2D eigenvalue weighted by Gasteiger charge is -2.30. The third kappa shape index (κ3) is 13.1. The van der Waals surface area contributed by atoms with Crippen LogP contribution >= 0.6 is 63.7 Å². The highest BCUT2D eigenvalue weighted by molar-refractivity contribution is 9.10. The van der Waals surface area contributed by atoms with Crippen molar-refractivity contribution in [3.63, 3.8) is 0 Å². The van der Waals surface area contributed by atoms with E-state index in [2.05, 4.69) is 63.7 Å². The van der Waals surface area contributed by atoms with Gasteiger partial charge in [-0.15, -0.1) is 0 Å². The fraction of sp³-hybridized carbons (Fsp3) is 0.235. The van der Waals surface area contributed by atoms with Gasteiger partial charge in [0.15, 0.2) is 46.0 Å². The summed E-state index contributed by atoms with van der Waals surface area (Å²) in [5, 5.41) is 148. The van der Waals surface area contributed by atoms with E-state index in [9.17, 15) is 80.5 Å². The van der Waals surface area contributed by atoms with Crippen molar-refractivity contribution < 1.29 is 99.4 Å². The normalized spacial score (nSPS) is 15.9. The second kappa shape index (κ2) is 25.0. The van der Waals surface area contributed by atoms with Crippen molar-refractivity contribution in [1.82, 2.24) is 0 Å². The molecule has 0 heterocycles. The van der Waals surface area contributed by atoms with Gasteiger partial charge in [0, 0.05) is 68.2 Å². The summed E-state index contributed by atoms with van der Waals surface area (Å²) in [6.45, 7) is 12.4. The quantitative estimate of drug-likeness (QED) is 0.0234. The minimum absolute atomic E-state index is 0.00704. The van der Waals surface area contributed by atoms with Crippen LogP contribution in [0.15, 0.2) is 121 Å². The number of hydrogen-bond acceptors (Lipinski definition) is 20. The summed E-state index contributed by atoms with van der Waals surface area (Å²) < 4.78 is 17.9. The lowest BCUT2D eigenvalue weighted by Crippen LogP contribution is -2.29. The van der Waals surface area contributed by atoms with Crippen molar-refractivity contribution >= 4 is 87.6 Å². The fourth-order valence-electron chi connectivity index (χ4n) is 10.5. The van der Waals surface area contributed by atoms with Gasteiger partial charge in [-0.3, -0.25) is 19.2 Å². The van der Waals surface area contributed by atoms with E-state index in [0.717, 1.165) is 24.3 Å². The van der Waals surface area contributed by atoms with Crippen LogP contribution in [-0.4, -0.2) is 102 Å².